The lowest BCUT2D eigenvalue weighted by molar-refractivity contribution is -0.141. The zero-order valence-electron chi connectivity index (χ0n) is 17.1. The summed E-state index contributed by atoms with van der Waals surface area (Å²) in [5, 5.41) is 7.38. The second-order valence-electron chi connectivity index (χ2n) is 8.24. The molecule has 0 unspecified atom stereocenters. The number of carbonyl (C=O) groups excluding carboxylic acids is 1. The number of hydrogen-bond donors (Lipinski definition) is 0. The number of esters is 1. The van der Waals surface area contributed by atoms with Gasteiger partial charge in [0.15, 0.2) is 0 Å². The van der Waals surface area contributed by atoms with Crippen LogP contribution in [0.4, 0.5) is 0 Å². The van der Waals surface area contributed by atoms with E-state index in [1.807, 2.05) is 4.68 Å². The minimum Gasteiger partial charge on any atom is -0.468 e. The van der Waals surface area contributed by atoms with Crippen LogP contribution in [0, 0.1) is 5.92 Å². The smallest absolute Gasteiger partial charge is 0.327 e. The van der Waals surface area contributed by atoms with Crippen molar-refractivity contribution >= 4 is 16.7 Å². The number of benzene rings is 2. The Morgan fingerprint density at radius 1 is 1.18 bits per heavy atom. The summed E-state index contributed by atoms with van der Waals surface area (Å²) in [5.74, 6) is 1.10. The molecule has 0 saturated heterocycles. The van der Waals surface area contributed by atoms with Crippen molar-refractivity contribution in [1.82, 2.24) is 9.78 Å². The van der Waals surface area contributed by atoms with Gasteiger partial charge in [-0.2, -0.15) is 5.10 Å². The van der Waals surface area contributed by atoms with Gasteiger partial charge in [-0.1, -0.05) is 63.2 Å². The van der Waals surface area contributed by atoms with Gasteiger partial charge in [-0.3, -0.25) is 9.48 Å². The van der Waals surface area contributed by atoms with Crippen LogP contribution in [0.25, 0.3) is 22.0 Å². The summed E-state index contributed by atoms with van der Waals surface area (Å²) in [6.45, 7) is 6.95. The summed E-state index contributed by atoms with van der Waals surface area (Å²) < 4.78 is 6.85. The summed E-state index contributed by atoms with van der Waals surface area (Å²) >= 11 is 0. The Bertz CT molecular complexity index is 1010. The number of fused-ring (bicyclic) bond motifs is 2. The maximum absolute atomic E-state index is 12.2. The summed E-state index contributed by atoms with van der Waals surface area (Å²) in [6, 6.07) is 14.8. The molecule has 4 rings (SSSR count). The van der Waals surface area contributed by atoms with Crippen LogP contribution < -0.4 is 0 Å². The van der Waals surface area contributed by atoms with E-state index in [0.29, 0.717) is 17.8 Å². The molecule has 4 heteroatoms. The molecule has 0 radical (unpaired) electrons. The average molecular weight is 377 g/mol. The highest BCUT2D eigenvalue weighted by Crippen LogP contribution is 2.46. The van der Waals surface area contributed by atoms with Gasteiger partial charge in [0.2, 0.25) is 0 Å². The fourth-order valence-corrected chi connectivity index (χ4v) is 4.63. The number of nitrogens with zero attached hydrogens (tertiary/aromatic N) is 2. The van der Waals surface area contributed by atoms with Crippen molar-refractivity contribution < 1.29 is 9.53 Å². The number of methoxy groups -OCH3 is 1. The van der Waals surface area contributed by atoms with Gasteiger partial charge in [-0.25, -0.2) is 0 Å². The van der Waals surface area contributed by atoms with Crippen LogP contribution in [-0.4, -0.2) is 22.9 Å². The van der Waals surface area contributed by atoms with Gasteiger partial charge in [0.1, 0.15) is 6.54 Å². The van der Waals surface area contributed by atoms with Crippen LogP contribution in [0.5, 0.6) is 0 Å². The van der Waals surface area contributed by atoms with E-state index in [-0.39, 0.29) is 12.5 Å². The van der Waals surface area contributed by atoms with Crippen LogP contribution in [0.15, 0.2) is 42.5 Å². The van der Waals surface area contributed by atoms with Gasteiger partial charge in [0.25, 0.3) is 0 Å². The van der Waals surface area contributed by atoms with Crippen LogP contribution in [-0.2, 0) is 16.1 Å². The lowest BCUT2D eigenvalue weighted by Crippen LogP contribution is -2.17. The molecule has 4 nitrogen and oxygen atoms in total. The molecule has 0 saturated carbocycles. The van der Waals surface area contributed by atoms with E-state index in [0.717, 1.165) is 24.1 Å². The van der Waals surface area contributed by atoms with Crippen molar-refractivity contribution in [3.8, 4) is 11.3 Å². The van der Waals surface area contributed by atoms with Crippen LogP contribution in [0.2, 0.25) is 0 Å². The van der Waals surface area contributed by atoms with Gasteiger partial charge in [-0.05, 0) is 35.4 Å². The fourth-order valence-electron chi connectivity index (χ4n) is 4.63. The van der Waals surface area contributed by atoms with Crippen molar-refractivity contribution in [2.45, 2.75) is 52.0 Å². The molecule has 0 fully saturated rings. The predicted molar refractivity (Wildman–Crippen MR) is 112 cm³/mol. The first-order valence-electron chi connectivity index (χ1n) is 10.2. The quantitative estimate of drug-likeness (QED) is 0.564. The van der Waals surface area contributed by atoms with Gasteiger partial charge < -0.3 is 4.74 Å². The highest BCUT2D eigenvalue weighted by molar-refractivity contribution is 5.97. The third-order valence-corrected chi connectivity index (χ3v) is 6.13. The molecule has 1 aliphatic carbocycles. The minimum atomic E-state index is -0.268. The Hall–Kier alpha value is -2.62. The van der Waals surface area contributed by atoms with Crippen molar-refractivity contribution in [3.63, 3.8) is 0 Å². The Kier molecular flexibility index (Phi) is 4.96. The van der Waals surface area contributed by atoms with Crippen molar-refractivity contribution in [3.05, 3.63) is 53.7 Å². The normalized spacial score (nSPS) is 19.0. The van der Waals surface area contributed by atoms with Gasteiger partial charge >= 0.3 is 5.97 Å². The van der Waals surface area contributed by atoms with E-state index in [1.165, 1.54) is 29.1 Å². The lowest BCUT2D eigenvalue weighted by Gasteiger charge is -2.29. The monoisotopic (exact) mass is 376 g/mol. The maximum Gasteiger partial charge on any atom is 0.327 e. The molecule has 0 N–H and O–H groups in total. The molecule has 2 atom stereocenters. The predicted octanol–water partition coefficient (Wildman–Crippen LogP) is 5.51. The molecule has 3 aromatic rings. The molecular weight excluding hydrogens is 348 g/mol. The third-order valence-electron chi connectivity index (χ3n) is 6.13. The number of ether oxygens (including phenoxy) is 1. The molecule has 0 amide bonds. The maximum atomic E-state index is 12.2. The Morgan fingerprint density at radius 3 is 2.68 bits per heavy atom. The number of carbonyl (C=O) groups is 1. The molecule has 1 aromatic heterocycles. The molecule has 0 bridgehead atoms. The van der Waals surface area contributed by atoms with E-state index < -0.39 is 0 Å². The second kappa shape index (κ2) is 7.42. The summed E-state index contributed by atoms with van der Waals surface area (Å²) in [4.78, 5) is 12.2. The van der Waals surface area contributed by atoms with E-state index in [9.17, 15) is 4.79 Å². The Balaban J connectivity index is 2.00. The van der Waals surface area contributed by atoms with Crippen LogP contribution in [0.3, 0.4) is 0 Å². The summed E-state index contributed by atoms with van der Waals surface area (Å²) in [7, 11) is 1.43. The van der Waals surface area contributed by atoms with Crippen LogP contribution >= 0.6 is 0 Å². The van der Waals surface area contributed by atoms with Crippen molar-refractivity contribution in [2.24, 2.45) is 5.92 Å². The standard InChI is InChI=1S/C24H28N2O2/c1-15(2)18-13-12-16(3)22-23(18)25-26(14-21(27)28-4)24(22)20-11-7-9-17-8-5-6-10-19(17)20/h5-11,15-16,18H,12-14H2,1-4H3/t16-,18+/m1/s1. The molecule has 146 valence electrons. The molecular formula is C24H28N2O2. The summed E-state index contributed by atoms with van der Waals surface area (Å²) in [6.07, 6.45) is 2.30. The zero-order chi connectivity index (χ0) is 19.8. The highest BCUT2D eigenvalue weighted by atomic mass is 16.5. The molecule has 1 heterocycles. The summed E-state index contributed by atoms with van der Waals surface area (Å²) in [5.41, 5.74) is 4.70. The SMILES string of the molecule is COC(=O)Cn1nc2c(c1-c1cccc3ccccc13)[C@H](C)CC[C@H]2C(C)C. The molecule has 0 spiro atoms. The Morgan fingerprint density at radius 2 is 1.93 bits per heavy atom. The van der Waals surface area contributed by atoms with E-state index >= 15 is 0 Å². The minimum absolute atomic E-state index is 0.138. The van der Waals surface area contributed by atoms with Gasteiger partial charge in [-0.15, -0.1) is 0 Å². The number of rotatable bonds is 4. The zero-order valence-corrected chi connectivity index (χ0v) is 17.1. The van der Waals surface area contributed by atoms with Crippen molar-refractivity contribution in [2.75, 3.05) is 7.11 Å². The largest absolute Gasteiger partial charge is 0.468 e. The number of aromatic nitrogens is 2. The molecule has 28 heavy (non-hydrogen) atoms. The van der Waals surface area contributed by atoms with Crippen LogP contribution in [0.1, 0.15) is 56.7 Å². The van der Waals surface area contributed by atoms with E-state index in [1.54, 1.807) is 0 Å². The first-order chi connectivity index (χ1) is 13.5. The fraction of sp³-hybridized carbons (Fsp3) is 0.417. The number of hydrogen-bond acceptors (Lipinski definition) is 3. The first kappa shape index (κ1) is 18.7. The molecule has 1 aliphatic rings. The lowest BCUT2D eigenvalue weighted by atomic mass is 9.75. The van der Waals surface area contributed by atoms with Gasteiger partial charge in [0.05, 0.1) is 18.5 Å². The topological polar surface area (TPSA) is 44.1 Å². The second-order valence-corrected chi connectivity index (χ2v) is 8.24. The average Bonchev–Trinajstić information content (AvgIpc) is 3.06. The van der Waals surface area contributed by atoms with Gasteiger partial charge in [0, 0.05) is 17.0 Å². The van der Waals surface area contributed by atoms with E-state index in [4.69, 9.17) is 9.84 Å². The first-order valence-corrected chi connectivity index (χ1v) is 10.2. The molecule has 0 aliphatic heterocycles. The Labute approximate surface area is 166 Å². The highest BCUT2D eigenvalue weighted by Gasteiger charge is 2.34. The molecule has 2 aromatic carbocycles. The van der Waals surface area contributed by atoms with Crippen molar-refractivity contribution in [1.29, 1.82) is 0 Å². The third kappa shape index (κ3) is 3.11. The van der Waals surface area contributed by atoms with E-state index in [2.05, 4.69) is 63.2 Å².